The average Bonchev–Trinajstić information content (AvgIpc) is 3.48. The van der Waals surface area contributed by atoms with Gasteiger partial charge in [0.15, 0.2) is 12.6 Å². The second-order valence-corrected chi connectivity index (χ2v) is 12.9. The van der Waals surface area contributed by atoms with Gasteiger partial charge in [0.25, 0.3) is 11.8 Å². The molecule has 0 radical (unpaired) electrons. The van der Waals surface area contributed by atoms with Crippen molar-refractivity contribution in [3.8, 4) is 0 Å². The molecule has 4 rings (SSSR count). The number of hydrogen-bond acceptors (Lipinski definition) is 12. The summed E-state index contributed by atoms with van der Waals surface area (Å²) in [6.45, 7) is 2.08. The smallest absolute Gasteiger partial charge is 0.333 e. The van der Waals surface area contributed by atoms with Crippen molar-refractivity contribution in [2.45, 2.75) is 75.9 Å². The fourth-order valence-electron chi connectivity index (χ4n) is 4.47. The molecule has 0 bridgehead atoms. The Morgan fingerprint density at radius 1 is 0.921 bits per heavy atom. The van der Waals surface area contributed by atoms with E-state index in [4.69, 9.17) is 29.5 Å². The van der Waals surface area contributed by atoms with Gasteiger partial charge in [0.2, 0.25) is 5.91 Å². The van der Waals surface area contributed by atoms with E-state index in [9.17, 15) is 19.2 Å². The predicted molar refractivity (Wildman–Crippen MR) is 138 cm³/mol. The molecular weight excluding hydrogens is 538 g/mol. The van der Waals surface area contributed by atoms with Crippen molar-refractivity contribution in [1.29, 1.82) is 0 Å². The molecule has 12 nitrogen and oxygen atoms in total. The quantitative estimate of drug-likeness (QED) is 0.195. The highest BCUT2D eigenvalue weighted by atomic mass is 33.1. The summed E-state index contributed by atoms with van der Waals surface area (Å²) in [5.74, 6) is 0.255. The minimum atomic E-state index is -0.691. The minimum Gasteiger partial charge on any atom is -0.356 e. The van der Waals surface area contributed by atoms with E-state index in [0.29, 0.717) is 50.9 Å². The first-order valence-corrected chi connectivity index (χ1v) is 15.6. The highest BCUT2D eigenvalue weighted by Crippen LogP contribution is 2.38. The lowest BCUT2D eigenvalue weighted by Gasteiger charge is -2.43. The molecule has 0 aromatic heterocycles. The van der Waals surface area contributed by atoms with Crippen LogP contribution in [0.5, 0.6) is 0 Å². The maximum atomic E-state index is 12.2. The molecule has 0 aliphatic carbocycles. The van der Waals surface area contributed by atoms with Crippen molar-refractivity contribution in [1.82, 2.24) is 10.4 Å². The first-order chi connectivity index (χ1) is 18.3. The predicted octanol–water partition coefficient (Wildman–Crippen LogP) is 1.27. The number of carbonyl (C=O) groups is 4. The number of nitrogens with one attached hydrogen (secondary N) is 1. The molecule has 4 heterocycles. The molecule has 4 fully saturated rings. The first kappa shape index (κ1) is 29.6. The fraction of sp³-hybridized carbons (Fsp3) is 0.833. The van der Waals surface area contributed by atoms with Crippen LogP contribution in [0.3, 0.4) is 0 Å². The van der Waals surface area contributed by atoms with Crippen LogP contribution in [-0.4, -0.2) is 91.4 Å². The van der Waals surface area contributed by atoms with E-state index in [-0.39, 0.29) is 37.1 Å². The van der Waals surface area contributed by atoms with Crippen LogP contribution in [0, 0.1) is 5.41 Å². The van der Waals surface area contributed by atoms with Gasteiger partial charge in [-0.1, -0.05) is 21.6 Å². The number of ether oxygens (including phenoxy) is 4. The lowest BCUT2D eigenvalue weighted by molar-refractivity contribution is -0.304. The van der Waals surface area contributed by atoms with Gasteiger partial charge in [-0.3, -0.25) is 14.4 Å². The number of carbonyl (C=O) groups excluding carboxylic acids is 4. The molecule has 0 atom stereocenters. The monoisotopic (exact) mass is 575 g/mol. The SMILES string of the molecule is NC1(CCCCNC(=O)CCC2OCC3(CO2)COC(CCC(=O)ON2C(=O)CCC2=O)OC3)CSSC1. The zero-order valence-corrected chi connectivity index (χ0v) is 23.1. The van der Waals surface area contributed by atoms with Crippen LogP contribution < -0.4 is 11.1 Å². The Labute approximate surface area is 230 Å². The summed E-state index contributed by atoms with van der Waals surface area (Å²) in [6.07, 6.45) is 2.92. The Hall–Kier alpha value is -1.42. The maximum Gasteiger partial charge on any atom is 0.333 e. The normalized spacial score (nSPS) is 29.1. The van der Waals surface area contributed by atoms with E-state index in [1.54, 1.807) is 0 Å². The van der Waals surface area contributed by atoms with Gasteiger partial charge in [0, 0.05) is 55.7 Å². The van der Waals surface area contributed by atoms with Crippen molar-refractivity contribution in [3.05, 3.63) is 0 Å². The van der Waals surface area contributed by atoms with Crippen LogP contribution in [0.15, 0.2) is 0 Å². The summed E-state index contributed by atoms with van der Waals surface area (Å²) in [5.41, 5.74) is 5.83. The van der Waals surface area contributed by atoms with Gasteiger partial charge in [0.05, 0.1) is 38.3 Å². The Morgan fingerprint density at radius 3 is 2.05 bits per heavy atom. The second kappa shape index (κ2) is 13.8. The summed E-state index contributed by atoms with van der Waals surface area (Å²) >= 11 is 0. The van der Waals surface area contributed by atoms with E-state index in [1.165, 1.54) is 0 Å². The van der Waals surface area contributed by atoms with E-state index in [0.717, 1.165) is 30.8 Å². The van der Waals surface area contributed by atoms with E-state index >= 15 is 0 Å². The number of hydrogen-bond donors (Lipinski definition) is 2. The molecule has 14 heteroatoms. The summed E-state index contributed by atoms with van der Waals surface area (Å²) in [5, 5.41) is 3.49. The number of nitrogens with two attached hydrogens (primary N) is 1. The minimum absolute atomic E-state index is 0.0175. The fourth-order valence-corrected chi connectivity index (χ4v) is 7.64. The van der Waals surface area contributed by atoms with Gasteiger partial charge >= 0.3 is 5.97 Å². The molecule has 0 saturated carbocycles. The van der Waals surface area contributed by atoms with Crippen molar-refractivity contribution in [2.24, 2.45) is 11.1 Å². The van der Waals surface area contributed by atoms with Gasteiger partial charge in [0.1, 0.15) is 0 Å². The number of unbranched alkanes of at least 4 members (excludes halogenated alkanes) is 1. The van der Waals surface area contributed by atoms with Gasteiger partial charge in [-0.05, 0) is 19.3 Å². The zero-order chi connectivity index (χ0) is 27.0. The molecule has 0 unspecified atom stereocenters. The third-order valence-electron chi connectivity index (χ3n) is 6.89. The number of rotatable bonds is 12. The van der Waals surface area contributed by atoms with Crippen LogP contribution in [0.25, 0.3) is 0 Å². The summed E-state index contributed by atoms with van der Waals surface area (Å²) < 4.78 is 23.2. The lowest BCUT2D eigenvalue weighted by atomic mass is 9.90. The Morgan fingerprint density at radius 2 is 1.47 bits per heavy atom. The topological polar surface area (TPSA) is 156 Å². The number of imide groups is 1. The van der Waals surface area contributed by atoms with E-state index < -0.39 is 35.8 Å². The first-order valence-electron chi connectivity index (χ1n) is 13.1. The maximum absolute atomic E-state index is 12.2. The van der Waals surface area contributed by atoms with Crippen molar-refractivity contribution in [2.75, 3.05) is 44.5 Å². The molecule has 3 amide bonds. The Kier molecular flexibility index (Phi) is 10.7. The molecule has 38 heavy (non-hydrogen) atoms. The Balaban J connectivity index is 1.03. The van der Waals surface area contributed by atoms with Crippen LogP contribution in [0.4, 0.5) is 0 Å². The van der Waals surface area contributed by atoms with Crippen molar-refractivity contribution < 1.29 is 43.0 Å². The van der Waals surface area contributed by atoms with Crippen LogP contribution in [0.2, 0.25) is 0 Å². The summed E-state index contributed by atoms with van der Waals surface area (Å²) in [4.78, 5) is 52.1. The number of hydroxylamine groups is 2. The molecular formula is C24H37N3O9S2. The van der Waals surface area contributed by atoms with Crippen molar-refractivity contribution in [3.63, 3.8) is 0 Å². The van der Waals surface area contributed by atoms with Crippen molar-refractivity contribution >= 4 is 45.3 Å². The Bertz CT molecular complexity index is 837. The van der Waals surface area contributed by atoms with E-state index in [2.05, 4.69) is 5.32 Å². The molecule has 4 aliphatic rings. The van der Waals surface area contributed by atoms with E-state index in [1.807, 2.05) is 21.6 Å². The second-order valence-electron chi connectivity index (χ2n) is 10.4. The average molecular weight is 576 g/mol. The summed E-state index contributed by atoms with van der Waals surface area (Å²) in [6, 6.07) is 0. The molecule has 0 aromatic rings. The molecule has 214 valence electrons. The molecule has 3 N–H and O–H groups in total. The highest BCUT2D eigenvalue weighted by molar-refractivity contribution is 8.77. The van der Waals surface area contributed by atoms with Crippen LogP contribution in [-0.2, 0) is 43.0 Å². The molecule has 4 aliphatic heterocycles. The van der Waals surface area contributed by atoms with Gasteiger partial charge in [-0.15, -0.1) is 5.06 Å². The standard InChI is InChI=1S/C24H37N3O9S2/c25-24(15-37-38-16-24)9-1-2-10-26-17(28)3-7-21-32-11-23(12-33-21)13-34-22(35-14-23)8-6-20(31)36-27-18(29)4-5-19(27)30/h21-22H,1-16,25H2,(H,26,28). The largest absolute Gasteiger partial charge is 0.356 e. The third kappa shape index (κ3) is 8.54. The highest BCUT2D eigenvalue weighted by Gasteiger charge is 2.42. The molecule has 4 saturated heterocycles. The number of nitrogens with zero attached hydrogens (tertiary/aromatic N) is 1. The molecule has 1 spiro atoms. The van der Waals surface area contributed by atoms with Gasteiger partial charge in [-0.25, -0.2) is 4.79 Å². The lowest BCUT2D eigenvalue weighted by Crippen LogP contribution is -2.52. The van der Waals surface area contributed by atoms with Crippen LogP contribution in [0.1, 0.15) is 57.8 Å². The zero-order valence-electron chi connectivity index (χ0n) is 21.5. The third-order valence-corrected chi connectivity index (χ3v) is 9.65. The van der Waals surface area contributed by atoms with Gasteiger partial charge < -0.3 is 34.8 Å². The van der Waals surface area contributed by atoms with Gasteiger partial charge in [-0.2, -0.15) is 0 Å². The van der Waals surface area contributed by atoms with Crippen LogP contribution >= 0.6 is 21.6 Å². The number of amides is 3. The molecule has 0 aromatic carbocycles. The summed E-state index contributed by atoms with van der Waals surface area (Å²) in [7, 11) is 3.67.